The number of hydrogen-bond acceptors (Lipinski definition) is 25. The zero-order valence-corrected chi connectivity index (χ0v) is 48.0. The van der Waals surface area contributed by atoms with E-state index in [0.717, 1.165) is 60.7 Å². The van der Waals surface area contributed by atoms with Crippen LogP contribution in [-0.4, -0.2) is 119 Å². The van der Waals surface area contributed by atoms with Gasteiger partial charge in [0.2, 0.25) is 0 Å². The fourth-order valence-electron chi connectivity index (χ4n) is 6.42. The van der Waals surface area contributed by atoms with Gasteiger partial charge in [-0.3, -0.25) is 40.5 Å². The van der Waals surface area contributed by atoms with Gasteiger partial charge < -0.3 is 91.8 Å². The maximum absolute atomic E-state index is 10.5. The van der Waals surface area contributed by atoms with Crippen LogP contribution in [0.2, 0.25) is 0 Å². The highest BCUT2D eigenvalue weighted by Crippen LogP contribution is 2.26. The van der Waals surface area contributed by atoms with Gasteiger partial charge in [0.15, 0.2) is 0 Å². The summed E-state index contributed by atoms with van der Waals surface area (Å²) in [4.78, 5) is 132. The largest absolute Gasteiger partial charge is 0.478 e. The van der Waals surface area contributed by atoms with Crippen LogP contribution in [0.25, 0.3) is 0 Å². The molecule has 0 saturated heterocycles. The lowest BCUT2D eigenvalue weighted by Crippen LogP contribution is -2.05. The highest BCUT2D eigenvalue weighted by Gasteiger charge is 2.23. The molecule has 8 aromatic rings. The number of nitro groups is 4. The number of nitrogen functional groups attached to an aromatic ring is 8. The molecule has 25 N–H and O–H groups in total. The molecule has 38 heteroatoms. The maximum Gasteiger partial charge on any atom is 0.342 e. The van der Waals surface area contributed by atoms with Crippen molar-refractivity contribution < 1.29 is 109 Å². The number of para-hydroxylation sites is 2. The van der Waals surface area contributed by atoms with E-state index in [-0.39, 0.29) is 78.8 Å². The predicted molar refractivity (Wildman–Crippen MR) is 336 cm³/mol. The number of nitrogens with zero attached hydrogens (tertiary/aromatic N) is 4. The number of carboxylic acid groups (broad SMARTS) is 9. The zero-order chi connectivity index (χ0) is 72.7. The quantitative estimate of drug-likeness (QED) is 0.0312. The molecule has 95 heavy (non-hydrogen) atoms. The third-order valence-corrected chi connectivity index (χ3v) is 10.8. The van der Waals surface area contributed by atoms with E-state index in [9.17, 15) is 83.6 Å². The fourth-order valence-corrected chi connectivity index (χ4v) is 6.42. The Morgan fingerprint density at radius 3 is 1.06 bits per heavy atom. The van der Waals surface area contributed by atoms with Gasteiger partial charge >= 0.3 is 59.4 Å². The molecular formula is C57H52N12O26. The average molecular weight is 1320 g/mol. The van der Waals surface area contributed by atoms with Crippen LogP contribution in [0.4, 0.5) is 68.2 Å². The second-order valence-corrected chi connectivity index (χ2v) is 17.5. The van der Waals surface area contributed by atoms with E-state index >= 15 is 0 Å². The molecule has 0 aromatic heterocycles. The Bertz CT molecular complexity index is 4110. The number of aromatic carboxylic acids is 9. The van der Waals surface area contributed by atoms with Gasteiger partial charge in [0, 0.05) is 64.5 Å². The number of rotatable bonds is 13. The van der Waals surface area contributed by atoms with Gasteiger partial charge in [0.25, 0.3) is 17.1 Å². The number of carbonyl (C=O) groups is 9. The Hall–Kier alpha value is -15.0. The molecule has 496 valence electrons. The summed E-state index contributed by atoms with van der Waals surface area (Å²) in [5.74, 6) is -10.3. The molecule has 8 rings (SSSR count). The van der Waals surface area contributed by atoms with Gasteiger partial charge in [-0.25, -0.2) is 43.2 Å². The van der Waals surface area contributed by atoms with Gasteiger partial charge in [-0.05, 0) is 109 Å². The molecule has 8 aromatic carbocycles. The SMILES string of the molecule is Nc1cc(C(=O)O)cc([N+](=O)[O-])c1.Nc1cc(C(=O)O)ccc1C(=O)O.Nc1cc([N+](=O)[O-])ccc1C(=O)O.Nc1ccc(C(=O)O)cc1.Nc1ccc([N+](=O)[O-])c(C(=O)O)c1.Nc1cccc(C(=O)O)c1.Nc1cccc(C(=O)O)c1[N+](=O)[O-].Nc1ccccc1C(=O)O. The van der Waals surface area contributed by atoms with E-state index < -0.39 is 95.9 Å². The van der Waals surface area contributed by atoms with Crippen LogP contribution in [0.5, 0.6) is 0 Å². The van der Waals surface area contributed by atoms with Crippen molar-refractivity contribution in [2.75, 3.05) is 45.9 Å². The van der Waals surface area contributed by atoms with E-state index in [1.165, 1.54) is 60.7 Å². The second kappa shape index (κ2) is 37.0. The van der Waals surface area contributed by atoms with Crippen molar-refractivity contribution in [3.05, 3.63) is 254 Å². The molecule has 0 aliphatic rings. The maximum atomic E-state index is 10.5. The summed E-state index contributed by atoms with van der Waals surface area (Å²) in [6.07, 6.45) is 0. The molecule has 0 aliphatic carbocycles. The van der Waals surface area contributed by atoms with E-state index in [0.29, 0.717) is 17.1 Å². The van der Waals surface area contributed by atoms with Crippen molar-refractivity contribution in [1.82, 2.24) is 0 Å². The minimum Gasteiger partial charge on any atom is -0.478 e. The number of nitrogens with two attached hydrogens (primary N) is 8. The first kappa shape index (κ1) is 78.0. The molecule has 0 atom stereocenters. The molecule has 0 radical (unpaired) electrons. The van der Waals surface area contributed by atoms with Crippen molar-refractivity contribution in [2.24, 2.45) is 0 Å². The number of nitro benzene ring substituents is 4. The third kappa shape index (κ3) is 26.5. The topological polar surface area (TPSA) is 716 Å². The Kier molecular flexibility index (Phi) is 30.4. The molecule has 0 amide bonds. The van der Waals surface area contributed by atoms with Crippen LogP contribution >= 0.6 is 0 Å². The first-order chi connectivity index (χ1) is 44.2. The summed E-state index contributed by atoms with van der Waals surface area (Å²) in [7, 11) is 0. The number of anilines is 8. The molecule has 0 saturated carbocycles. The van der Waals surface area contributed by atoms with Crippen molar-refractivity contribution >= 4 is 122 Å². The van der Waals surface area contributed by atoms with Crippen molar-refractivity contribution in [3.8, 4) is 0 Å². The molecular weight excluding hydrogens is 1270 g/mol. The Morgan fingerprint density at radius 2 is 0.663 bits per heavy atom. The molecule has 0 spiro atoms. The second-order valence-electron chi connectivity index (χ2n) is 17.5. The standard InChI is InChI=1S/C8H7NO4.4C7H6N2O4.3C7H7NO2/c9-6-3-4(7(10)11)1-2-5(6)8(12)13;8-5-1-4(7(10)11)2-6(3-5)9(12)13;8-4-1-2-6(9(12)13)5(3-4)7(10)11;8-6-3-4(9(12)13)1-2-5(6)7(10)11;8-5-3-1-2-4(7(10)11)6(5)9(12)13;8-6-3-1-5(2-4-6)7(9)10;8-6-3-1-2-5(4-6)7(9)10;8-6-4-2-1-3-5(6)7(9)10/h1-3H,9H2,(H,10,11)(H,12,13);4*1-3H,8H2,(H,10,11);3*1-4H,8H2,(H,9,10). The minimum absolute atomic E-state index is 0.0255. The summed E-state index contributed by atoms with van der Waals surface area (Å²) < 4.78 is 0. The van der Waals surface area contributed by atoms with Crippen LogP contribution < -0.4 is 45.9 Å². The Morgan fingerprint density at radius 1 is 0.263 bits per heavy atom. The smallest absolute Gasteiger partial charge is 0.342 e. The third-order valence-electron chi connectivity index (χ3n) is 10.8. The summed E-state index contributed by atoms with van der Waals surface area (Å²) in [6, 6.07) is 35.7. The normalized spacial score (nSPS) is 9.43. The van der Waals surface area contributed by atoms with Crippen LogP contribution in [0.3, 0.4) is 0 Å². The summed E-state index contributed by atoms with van der Waals surface area (Å²) >= 11 is 0. The number of hydrogen-bond donors (Lipinski definition) is 17. The molecule has 38 nitrogen and oxygen atoms in total. The summed E-state index contributed by atoms with van der Waals surface area (Å²) in [5.41, 5.74) is 41.5. The van der Waals surface area contributed by atoms with Gasteiger partial charge in [-0.15, -0.1) is 0 Å². The number of non-ortho nitro benzene ring substituents is 2. The van der Waals surface area contributed by atoms with Crippen molar-refractivity contribution in [1.29, 1.82) is 0 Å². The minimum atomic E-state index is -1.36. The van der Waals surface area contributed by atoms with Crippen LogP contribution in [0, 0.1) is 40.5 Å². The van der Waals surface area contributed by atoms with Crippen LogP contribution in [-0.2, 0) is 0 Å². The predicted octanol–water partition coefficient (Wildman–Crippen LogP) is 7.07. The average Bonchev–Trinajstić information content (AvgIpc) is 1.23. The number of benzene rings is 8. The Balaban J connectivity index is 0.000000544. The van der Waals surface area contributed by atoms with Gasteiger partial charge in [-0.2, -0.15) is 0 Å². The monoisotopic (exact) mass is 1320 g/mol. The lowest BCUT2D eigenvalue weighted by atomic mass is 10.1. The highest BCUT2D eigenvalue weighted by atomic mass is 16.6. The first-order valence-electron chi connectivity index (χ1n) is 24.9. The van der Waals surface area contributed by atoms with Crippen molar-refractivity contribution in [3.63, 3.8) is 0 Å². The van der Waals surface area contributed by atoms with Gasteiger partial charge in [0.05, 0.1) is 64.3 Å². The summed E-state index contributed by atoms with van der Waals surface area (Å²) in [6.45, 7) is 0. The molecule has 0 heterocycles. The molecule has 0 fully saturated rings. The molecule has 0 unspecified atom stereocenters. The van der Waals surface area contributed by atoms with Gasteiger partial charge in [0.1, 0.15) is 16.8 Å². The van der Waals surface area contributed by atoms with Crippen LogP contribution in [0.15, 0.2) is 164 Å². The van der Waals surface area contributed by atoms with Crippen LogP contribution in [0.1, 0.15) is 93.2 Å². The van der Waals surface area contributed by atoms with Gasteiger partial charge in [-0.1, -0.05) is 24.3 Å². The lowest BCUT2D eigenvalue weighted by Gasteiger charge is -2.00. The first-order valence-corrected chi connectivity index (χ1v) is 24.9. The number of carboxylic acids is 9. The van der Waals surface area contributed by atoms with E-state index in [1.807, 2.05) is 0 Å². The fraction of sp³-hybridized carbons (Fsp3) is 0. The van der Waals surface area contributed by atoms with E-state index in [1.54, 1.807) is 42.5 Å². The van der Waals surface area contributed by atoms with Crippen molar-refractivity contribution in [2.45, 2.75) is 0 Å². The zero-order valence-electron chi connectivity index (χ0n) is 48.0. The molecule has 0 aliphatic heterocycles. The molecule has 0 bridgehead atoms. The summed E-state index contributed by atoms with van der Waals surface area (Å²) in [5, 5.41) is 118. The Labute approximate surface area is 529 Å². The van der Waals surface area contributed by atoms with E-state index in [4.69, 9.17) is 91.8 Å². The van der Waals surface area contributed by atoms with E-state index in [2.05, 4.69) is 0 Å². The lowest BCUT2D eigenvalue weighted by molar-refractivity contribution is -0.385. The highest BCUT2D eigenvalue weighted by molar-refractivity contribution is 5.98.